The van der Waals surface area contributed by atoms with Gasteiger partial charge in [-0.2, -0.15) is 0 Å². The molecule has 0 saturated carbocycles. The molecular formula is C13H14O4S. The van der Waals surface area contributed by atoms with Gasteiger partial charge in [0.25, 0.3) is 0 Å². The van der Waals surface area contributed by atoms with Crippen LogP contribution in [0, 0.1) is 0 Å². The monoisotopic (exact) mass is 266 g/mol. The van der Waals surface area contributed by atoms with E-state index in [1.807, 2.05) is 0 Å². The zero-order valence-electron chi connectivity index (χ0n) is 9.94. The van der Waals surface area contributed by atoms with Crippen LogP contribution >= 0.6 is 0 Å². The smallest absolute Gasteiger partial charge is 0.330 e. The maximum absolute atomic E-state index is 11.8. The van der Waals surface area contributed by atoms with Gasteiger partial charge in [0.15, 0.2) is 9.84 Å². The maximum Gasteiger partial charge on any atom is 0.330 e. The van der Waals surface area contributed by atoms with Crippen molar-refractivity contribution in [3.63, 3.8) is 0 Å². The van der Waals surface area contributed by atoms with Gasteiger partial charge in [-0.15, -0.1) is 0 Å². The molecule has 0 unspecified atom stereocenters. The van der Waals surface area contributed by atoms with E-state index in [0.29, 0.717) is 0 Å². The Kier molecular flexibility index (Phi) is 5.32. The number of carbonyl (C=O) groups excluding carboxylic acids is 1. The van der Waals surface area contributed by atoms with E-state index in [-0.39, 0.29) is 10.6 Å². The fourth-order valence-electron chi connectivity index (χ4n) is 1.19. The fraction of sp³-hybridized carbons (Fsp3) is 0.154. The Labute approximate surface area is 107 Å². The molecule has 0 aliphatic carbocycles. The summed E-state index contributed by atoms with van der Waals surface area (Å²) in [7, 11) is -2.03. The zero-order chi connectivity index (χ0) is 13.4. The number of rotatable bonds is 5. The number of benzene rings is 1. The number of hydrogen-bond acceptors (Lipinski definition) is 4. The number of hydrogen-bond donors (Lipinski definition) is 0. The number of allylic oxidation sites excluding steroid dienone is 2. The minimum Gasteiger partial charge on any atom is -0.466 e. The van der Waals surface area contributed by atoms with Crippen molar-refractivity contribution < 1.29 is 17.9 Å². The first kappa shape index (κ1) is 14.2. The standard InChI is InChI=1S/C13H14O4S/c1-17-13(14)10-6-3-7-11-18(15,16)12-8-4-2-5-9-12/h2-10H,11H2,1H3/b7-3+,10-6+. The van der Waals surface area contributed by atoms with Crippen molar-refractivity contribution in [3.05, 3.63) is 54.6 Å². The lowest BCUT2D eigenvalue weighted by Crippen LogP contribution is -2.04. The molecule has 5 heteroatoms. The van der Waals surface area contributed by atoms with E-state index in [4.69, 9.17) is 0 Å². The van der Waals surface area contributed by atoms with Crippen LogP contribution in [0.5, 0.6) is 0 Å². The van der Waals surface area contributed by atoms with Gasteiger partial charge in [0, 0.05) is 6.08 Å². The highest BCUT2D eigenvalue weighted by Crippen LogP contribution is 2.09. The molecule has 1 aromatic rings. The van der Waals surface area contributed by atoms with Crippen LogP contribution in [0.3, 0.4) is 0 Å². The lowest BCUT2D eigenvalue weighted by atomic mass is 10.4. The fourth-order valence-corrected chi connectivity index (χ4v) is 2.32. The third-order valence-electron chi connectivity index (χ3n) is 2.10. The highest BCUT2D eigenvalue weighted by Gasteiger charge is 2.10. The highest BCUT2D eigenvalue weighted by molar-refractivity contribution is 7.91. The summed E-state index contributed by atoms with van der Waals surface area (Å²) < 4.78 is 28.0. The summed E-state index contributed by atoms with van der Waals surface area (Å²) in [4.78, 5) is 11.0. The molecule has 0 aliphatic heterocycles. The lowest BCUT2D eigenvalue weighted by Gasteiger charge is -1.99. The van der Waals surface area contributed by atoms with Crippen LogP contribution in [0.2, 0.25) is 0 Å². The van der Waals surface area contributed by atoms with Gasteiger partial charge >= 0.3 is 5.97 Å². The van der Waals surface area contributed by atoms with Gasteiger partial charge < -0.3 is 4.74 Å². The molecule has 0 aromatic heterocycles. The van der Waals surface area contributed by atoms with Crippen molar-refractivity contribution in [2.75, 3.05) is 12.9 Å². The molecule has 0 aliphatic rings. The van der Waals surface area contributed by atoms with Crippen molar-refractivity contribution >= 4 is 15.8 Å². The van der Waals surface area contributed by atoms with Crippen LogP contribution in [-0.4, -0.2) is 27.2 Å². The van der Waals surface area contributed by atoms with Gasteiger partial charge in [-0.25, -0.2) is 13.2 Å². The number of carbonyl (C=O) groups is 1. The Bertz CT molecular complexity index is 542. The summed E-state index contributed by atoms with van der Waals surface area (Å²) >= 11 is 0. The van der Waals surface area contributed by atoms with Crippen LogP contribution in [0.1, 0.15) is 0 Å². The molecule has 96 valence electrons. The normalized spacial score (nSPS) is 12.1. The molecule has 1 aromatic carbocycles. The molecule has 0 saturated heterocycles. The Morgan fingerprint density at radius 3 is 2.50 bits per heavy atom. The summed E-state index contributed by atoms with van der Waals surface area (Å²) in [5.74, 6) is -0.590. The highest BCUT2D eigenvalue weighted by atomic mass is 32.2. The van der Waals surface area contributed by atoms with Gasteiger partial charge in [-0.3, -0.25) is 0 Å². The Hall–Kier alpha value is -1.88. The molecule has 0 N–H and O–H groups in total. The van der Waals surface area contributed by atoms with Crippen LogP contribution in [0.15, 0.2) is 59.5 Å². The average molecular weight is 266 g/mol. The number of ether oxygens (including phenoxy) is 1. The second-order valence-corrected chi connectivity index (χ2v) is 5.44. The zero-order valence-corrected chi connectivity index (χ0v) is 10.8. The molecule has 0 fully saturated rings. The average Bonchev–Trinajstić information content (AvgIpc) is 2.39. The molecular weight excluding hydrogens is 252 g/mol. The summed E-state index contributed by atoms with van der Waals surface area (Å²) in [6.45, 7) is 0. The van der Waals surface area contributed by atoms with Gasteiger partial charge in [-0.05, 0) is 12.1 Å². The van der Waals surface area contributed by atoms with Crippen LogP contribution < -0.4 is 0 Å². The van der Waals surface area contributed by atoms with E-state index in [1.165, 1.54) is 31.4 Å². The van der Waals surface area contributed by atoms with Gasteiger partial charge in [0.05, 0.1) is 17.8 Å². The topological polar surface area (TPSA) is 60.4 Å². The first-order chi connectivity index (χ1) is 8.56. The SMILES string of the molecule is COC(=O)/C=C/C=C/CS(=O)(=O)c1ccccc1. The van der Waals surface area contributed by atoms with Crippen LogP contribution in [0.4, 0.5) is 0 Å². The predicted molar refractivity (Wildman–Crippen MR) is 68.8 cm³/mol. The Morgan fingerprint density at radius 2 is 1.89 bits per heavy atom. The first-order valence-electron chi connectivity index (χ1n) is 5.25. The molecule has 0 amide bonds. The summed E-state index contributed by atoms with van der Waals surface area (Å²) in [6.07, 6.45) is 5.62. The molecule has 0 bridgehead atoms. The second kappa shape index (κ2) is 6.76. The van der Waals surface area contributed by atoms with Crippen LogP contribution in [-0.2, 0) is 19.4 Å². The van der Waals surface area contributed by atoms with Gasteiger partial charge in [0.1, 0.15) is 0 Å². The van der Waals surface area contributed by atoms with E-state index in [9.17, 15) is 13.2 Å². The molecule has 1 rings (SSSR count). The van der Waals surface area contributed by atoms with Crippen molar-refractivity contribution in [1.82, 2.24) is 0 Å². The van der Waals surface area contributed by atoms with Crippen molar-refractivity contribution in [3.8, 4) is 0 Å². The maximum atomic E-state index is 11.8. The molecule has 0 atom stereocenters. The van der Waals surface area contributed by atoms with Crippen molar-refractivity contribution in [1.29, 1.82) is 0 Å². The molecule has 18 heavy (non-hydrogen) atoms. The quantitative estimate of drug-likeness (QED) is 0.463. The molecule has 0 spiro atoms. The number of methoxy groups -OCH3 is 1. The van der Waals surface area contributed by atoms with E-state index >= 15 is 0 Å². The Balaban J connectivity index is 2.61. The van der Waals surface area contributed by atoms with Gasteiger partial charge in [0.2, 0.25) is 0 Å². The number of esters is 1. The molecule has 4 nitrogen and oxygen atoms in total. The minimum atomic E-state index is -3.30. The summed E-state index contributed by atoms with van der Waals surface area (Å²) in [5, 5.41) is 0. The summed E-state index contributed by atoms with van der Waals surface area (Å²) in [5.41, 5.74) is 0. The molecule has 0 radical (unpaired) electrons. The third kappa shape index (κ3) is 4.55. The summed E-state index contributed by atoms with van der Waals surface area (Å²) in [6, 6.07) is 8.20. The minimum absolute atomic E-state index is 0.109. The number of sulfone groups is 1. The van der Waals surface area contributed by atoms with E-state index in [1.54, 1.807) is 30.3 Å². The van der Waals surface area contributed by atoms with Crippen molar-refractivity contribution in [2.45, 2.75) is 4.90 Å². The predicted octanol–water partition coefficient (Wildman–Crippen LogP) is 1.75. The van der Waals surface area contributed by atoms with E-state index in [2.05, 4.69) is 4.74 Å². The third-order valence-corrected chi connectivity index (χ3v) is 3.72. The van der Waals surface area contributed by atoms with Crippen LogP contribution in [0.25, 0.3) is 0 Å². The van der Waals surface area contributed by atoms with Crippen molar-refractivity contribution in [2.24, 2.45) is 0 Å². The van der Waals surface area contributed by atoms with Gasteiger partial charge in [-0.1, -0.05) is 36.4 Å². The molecule has 0 heterocycles. The first-order valence-corrected chi connectivity index (χ1v) is 6.90. The second-order valence-electron chi connectivity index (χ2n) is 3.40. The Morgan fingerprint density at radius 1 is 1.22 bits per heavy atom. The largest absolute Gasteiger partial charge is 0.466 e. The van der Waals surface area contributed by atoms with E-state index in [0.717, 1.165) is 0 Å². The van der Waals surface area contributed by atoms with E-state index < -0.39 is 15.8 Å². The lowest BCUT2D eigenvalue weighted by molar-refractivity contribution is -0.134.